The zero-order chi connectivity index (χ0) is 29.1. The van der Waals surface area contributed by atoms with E-state index in [1.54, 1.807) is 48.5 Å². The number of benzene rings is 4. The smallest absolute Gasteiger partial charge is 0.478 e. The van der Waals surface area contributed by atoms with Crippen molar-refractivity contribution in [3.63, 3.8) is 0 Å². The Morgan fingerprint density at radius 2 is 1.59 bits per heavy atom. The summed E-state index contributed by atoms with van der Waals surface area (Å²) in [5.74, 6) is -0.546. The van der Waals surface area contributed by atoms with E-state index in [-0.39, 0.29) is 11.3 Å². The van der Waals surface area contributed by atoms with E-state index in [0.29, 0.717) is 39.8 Å². The lowest BCUT2D eigenvalue weighted by molar-refractivity contribution is -0.274. The van der Waals surface area contributed by atoms with Crippen molar-refractivity contribution < 1.29 is 27.8 Å². The van der Waals surface area contributed by atoms with Gasteiger partial charge in [0.25, 0.3) is 0 Å². The van der Waals surface area contributed by atoms with E-state index in [2.05, 4.69) is 4.74 Å². The Kier molecular flexibility index (Phi) is 8.06. The van der Waals surface area contributed by atoms with E-state index < -0.39 is 12.3 Å². The van der Waals surface area contributed by atoms with E-state index >= 15 is 0 Å². The van der Waals surface area contributed by atoms with Crippen molar-refractivity contribution in [3.8, 4) is 28.1 Å². The van der Waals surface area contributed by atoms with Crippen molar-refractivity contribution in [2.24, 2.45) is 0 Å². The van der Waals surface area contributed by atoms with Gasteiger partial charge in [0, 0.05) is 29.7 Å². The molecule has 0 amide bonds. The first-order chi connectivity index (χ1) is 19.5. The van der Waals surface area contributed by atoms with Crippen LogP contribution >= 0.6 is 23.2 Å². The average Bonchev–Trinajstić information content (AvgIpc) is 3.30. The number of alkyl halides is 3. The normalized spacial score (nSPS) is 11.4. The van der Waals surface area contributed by atoms with E-state index in [1.807, 2.05) is 35.0 Å². The molecule has 41 heavy (non-hydrogen) atoms. The van der Waals surface area contributed by atoms with Gasteiger partial charge in [-0.05, 0) is 64.7 Å². The molecule has 0 saturated carbocycles. The molecular weight excluding hydrogens is 576 g/mol. The molecule has 1 N–H and O–H groups in total. The highest BCUT2D eigenvalue weighted by atomic mass is 35.5. The Balaban J connectivity index is 1.43. The van der Waals surface area contributed by atoms with Gasteiger partial charge in [0.2, 0.25) is 0 Å². The molecule has 0 unspecified atom stereocenters. The second-order valence-electron chi connectivity index (χ2n) is 9.25. The molecule has 0 aliphatic carbocycles. The minimum absolute atomic E-state index is 0.198. The number of aromatic carboxylic acids is 1. The first-order valence-corrected chi connectivity index (χ1v) is 13.1. The molecule has 5 rings (SSSR count). The highest BCUT2D eigenvalue weighted by molar-refractivity contribution is 6.36. The summed E-state index contributed by atoms with van der Waals surface area (Å²) in [6.07, 6.45) is -2.43. The zero-order valence-corrected chi connectivity index (χ0v) is 22.7. The first kappa shape index (κ1) is 28.3. The van der Waals surface area contributed by atoms with Gasteiger partial charge >= 0.3 is 12.3 Å². The highest BCUT2D eigenvalue weighted by Crippen LogP contribution is 2.31. The Labute approximate surface area is 243 Å². The van der Waals surface area contributed by atoms with Gasteiger partial charge in [-0.3, -0.25) is 0 Å². The van der Waals surface area contributed by atoms with Crippen LogP contribution in [-0.2, 0) is 13.0 Å². The van der Waals surface area contributed by atoms with Crippen LogP contribution in [0, 0.1) is 0 Å². The Morgan fingerprint density at radius 1 is 0.878 bits per heavy atom. The lowest BCUT2D eigenvalue weighted by Crippen LogP contribution is -2.17. The second kappa shape index (κ2) is 11.7. The van der Waals surface area contributed by atoms with Gasteiger partial charge in [-0.1, -0.05) is 71.7 Å². The molecule has 0 aliphatic rings. The van der Waals surface area contributed by atoms with Crippen molar-refractivity contribution in [3.05, 3.63) is 130 Å². The van der Waals surface area contributed by atoms with Crippen molar-refractivity contribution in [1.82, 2.24) is 9.55 Å². The maximum Gasteiger partial charge on any atom is 0.573 e. The first-order valence-electron chi connectivity index (χ1n) is 12.3. The summed E-state index contributed by atoms with van der Waals surface area (Å²) in [7, 11) is 0. The number of carboxylic acid groups (broad SMARTS) is 1. The molecule has 1 aromatic heterocycles. The number of ether oxygens (including phenoxy) is 1. The molecule has 0 bridgehead atoms. The maximum absolute atomic E-state index is 12.6. The Bertz CT molecular complexity index is 1700. The molecule has 5 aromatic rings. The topological polar surface area (TPSA) is 64.3 Å². The number of rotatable bonds is 8. The number of carbonyl (C=O) groups is 1. The number of hydrogen-bond acceptors (Lipinski definition) is 3. The van der Waals surface area contributed by atoms with Crippen LogP contribution < -0.4 is 4.74 Å². The highest BCUT2D eigenvalue weighted by Gasteiger charge is 2.31. The number of carboxylic acids is 1. The monoisotopic (exact) mass is 596 g/mol. The summed E-state index contributed by atoms with van der Waals surface area (Å²) < 4.78 is 43.9. The van der Waals surface area contributed by atoms with Crippen molar-refractivity contribution >= 4 is 29.2 Å². The van der Waals surface area contributed by atoms with Crippen molar-refractivity contribution in [1.29, 1.82) is 0 Å². The summed E-state index contributed by atoms with van der Waals surface area (Å²) in [5.41, 5.74) is 4.71. The standard InChI is InChI=1S/C31H21Cl2F3N2O3/c32-24-12-13-26(27(33)16-24)28-18-38(17-20-6-10-22(11-7-20)30(39)40)29(37-28)14-19-4-8-21(9-5-19)23-2-1-3-25(15-23)41-31(34,35)36/h1-13,15-16,18H,14,17H2,(H,39,40). The fourth-order valence-electron chi connectivity index (χ4n) is 4.38. The van der Waals surface area contributed by atoms with E-state index in [1.165, 1.54) is 18.2 Å². The SMILES string of the molecule is O=C(O)c1ccc(Cn2cc(-c3ccc(Cl)cc3Cl)nc2Cc2ccc(-c3cccc(OC(F)(F)F)c3)cc2)cc1. The predicted molar refractivity (Wildman–Crippen MR) is 152 cm³/mol. The lowest BCUT2D eigenvalue weighted by Gasteiger charge is -2.11. The summed E-state index contributed by atoms with van der Waals surface area (Å²) in [5, 5.41) is 10.2. The number of halogens is 5. The predicted octanol–water partition coefficient (Wildman–Crippen LogP) is 8.76. The van der Waals surface area contributed by atoms with Crippen LogP contribution in [0.3, 0.4) is 0 Å². The van der Waals surface area contributed by atoms with Crippen LogP contribution in [-0.4, -0.2) is 27.0 Å². The Hall–Kier alpha value is -4.27. The number of nitrogens with zero attached hydrogens (tertiary/aromatic N) is 2. The summed E-state index contributed by atoms with van der Waals surface area (Å²) >= 11 is 12.5. The summed E-state index contributed by atoms with van der Waals surface area (Å²) in [6, 6.07) is 25.1. The van der Waals surface area contributed by atoms with Crippen molar-refractivity contribution in [2.45, 2.75) is 19.3 Å². The lowest BCUT2D eigenvalue weighted by atomic mass is 10.0. The molecule has 0 atom stereocenters. The van der Waals surface area contributed by atoms with Crippen LogP contribution in [0.1, 0.15) is 27.3 Å². The van der Waals surface area contributed by atoms with Gasteiger partial charge in [0.05, 0.1) is 16.3 Å². The number of aromatic nitrogens is 2. The van der Waals surface area contributed by atoms with Gasteiger partial charge in [0.1, 0.15) is 11.6 Å². The molecule has 0 aliphatic heterocycles. The van der Waals surface area contributed by atoms with Gasteiger partial charge in [-0.15, -0.1) is 13.2 Å². The van der Waals surface area contributed by atoms with Gasteiger partial charge < -0.3 is 14.4 Å². The molecule has 208 valence electrons. The zero-order valence-electron chi connectivity index (χ0n) is 21.2. The minimum Gasteiger partial charge on any atom is -0.478 e. The Morgan fingerprint density at radius 3 is 2.24 bits per heavy atom. The molecule has 10 heteroatoms. The number of imidazole rings is 1. The third kappa shape index (κ3) is 7.09. The van der Waals surface area contributed by atoms with Crippen LogP contribution in [0.5, 0.6) is 5.75 Å². The molecule has 4 aromatic carbocycles. The molecular formula is C31H21Cl2F3N2O3. The molecule has 1 heterocycles. The fraction of sp³-hybridized carbons (Fsp3) is 0.0968. The summed E-state index contributed by atoms with van der Waals surface area (Å²) in [6.45, 7) is 0.442. The van der Waals surface area contributed by atoms with Crippen LogP contribution in [0.15, 0.2) is 97.2 Å². The van der Waals surface area contributed by atoms with E-state index in [4.69, 9.17) is 28.2 Å². The second-order valence-corrected chi connectivity index (χ2v) is 10.1. The van der Waals surface area contributed by atoms with E-state index in [9.17, 15) is 23.1 Å². The number of hydrogen-bond donors (Lipinski definition) is 1. The molecule has 5 nitrogen and oxygen atoms in total. The maximum atomic E-state index is 12.6. The van der Waals surface area contributed by atoms with Crippen molar-refractivity contribution in [2.75, 3.05) is 0 Å². The largest absolute Gasteiger partial charge is 0.573 e. The van der Waals surface area contributed by atoms with Crippen LogP contribution in [0.25, 0.3) is 22.4 Å². The molecule has 0 radical (unpaired) electrons. The molecule has 0 fully saturated rings. The molecule has 0 saturated heterocycles. The fourth-order valence-corrected chi connectivity index (χ4v) is 4.88. The van der Waals surface area contributed by atoms with E-state index in [0.717, 1.165) is 22.5 Å². The average molecular weight is 597 g/mol. The minimum atomic E-state index is -4.77. The van der Waals surface area contributed by atoms with Gasteiger partial charge in [-0.2, -0.15) is 0 Å². The van der Waals surface area contributed by atoms with Gasteiger partial charge in [0.15, 0.2) is 0 Å². The quantitative estimate of drug-likeness (QED) is 0.194. The molecule has 0 spiro atoms. The third-order valence-corrected chi connectivity index (χ3v) is 6.88. The third-order valence-electron chi connectivity index (χ3n) is 6.34. The van der Waals surface area contributed by atoms with Crippen LogP contribution in [0.2, 0.25) is 10.0 Å². The van der Waals surface area contributed by atoms with Gasteiger partial charge in [-0.25, -0.2) is 9.78 Å². The summed E-state index contributed by atoms with van der Waals surface area (Å²) in [4.78, 5) is 16.1. The van der Waals surface area contributed by atoms with Crippen LogP contribution in [0.4, 0.5) is 13.2 Å².